The number of H-pyrrole nitrogens is 1. The Balaban J connectivity index is 1.36. The van der Waals surface area contributed by atoms with Gasteiger partial charge in [0, 0.05) is 42.8 Å². The molecule has 4 aromatic rings. The zero-order valence-electron chi connectivity index (χ0n) is 19.8. The summed E-state index contributed by atoms with van der Waals surface area (Å²) in [7, 11) is 0. The van der Waals surface area contributed by atoms with Crippen LogP contribution in [0.25, 0.3) is 17.2 Å². The third-order valence-electron chi connectivity index (χ3n) is 7.18. The number of pyridine rings is 1. The van der Waals surface area contributed by atoms with E-state index in [9.17, 15) is 13.2 Å². The van der Waals surface area contributed by atoms with Crippen LogP contribution in [-0.2, 0) is 10.9 Å². The van der Waals surface area contributed by atoms with Crippen molar-refractivity contribution in [3.8, 4) is 11.5 Å². The van der Waals surface area contributed by atoms with Crippen molar-refractivity contribution in [2.24, 2.45) is 0 Å². The van der Waals surface area contributed by atoms with E-state index in [1.807, 2.05) is 19.2 Å². The molecule has 0 spiro atoms. The molecule has 6 rings (SSSR count). The summed E-state index contributed by atoms with van der Waals surface area (Å²) >= 11 is 0. The van der Waals surface area contributed by atoms with Crippen LogP contribution in [0.5, 0.6) is 0 Å². The van der Waals surface area contributed by atoms with Gasteiger partial charge in [-0.3, -0.25) is 14.4 Å². The van der Waals surface area contributed by atoms with E-state index in [4.69, 9.17) is 9.72 Å². The Bertz CT molecular complexity index is 1400. The lowest BCUT2D eigenvalue weighted by atomic mass is 9.93. The monoisotopic (exact) mass is 498 g/mol. The fraction of sp³-hybridized carbons (Fsp3) is 0.417. The summed E-state index contributed by atoms with van der Waals surface area (Å²) in [6.07, 6.45) is 1.60. The Morgan fingerprint density at radius 3 is 2.61 bits per heavy atom. The lowest BCUT2D eigenvalue weighted by molar-refractivity contribution is -0.137. The Hall–Kier alpha value is -3.51. The van der Waals surface area contributed by atoms with Gasteiger partial charge in [-0.1, -0.05) is 0 Å². The molecule has 0 bridgehead atoms. The van der Waals surface area contributed by atoms with Crippen molar-refractivity contribution in [3.63, 3.8) is 0 Å². The predicted octanol–water partition coefficient (Wildman–Crippen LogP) is 3.49. The normalized spacial score (nSPS) is 21.8. The van der Waals surface area contributed by atoms with Gasteiger partial charge in [-0.25, -0.2) is 15.0 Å². The van der Waals surface area contributed by atoms with Crippen molar-refractivity contribution in [2.45, 2.75) is 38.1 Å². The molecule has 2 aliphatic heterocycles. The fourth-order valence-electron chi connectivity index (χ4n) is 5.20. The minimum absolute atomic E-state index is 0.0532. The second kappa shape index (κ2) is 8.56. The summed E-state index contributed by atoms with van der Waals surface area (Å²) < 4.78 is 46.8. The number of nitrogens with zero attached hydrogens (tertiary/aromatic N) is 7. The van der Waals surface area contributed by atoms with Crippen molar-refractivity contribution in [1.82, 2.24) is 34.4 Å². The molecule has 6 heterocycles. The van der Waals surface area contributed by atoms with E-state index in [2.05, 4.69) is 36.9 Å². The number of ether oxygens (including phenoxy) is 1. The van der Waals surface area contributed by atoms with Crippen LogP contribution in [0.15, 0.2) is 43.0 Å². The van der Waals surface area contributed by atoms with E-state index in [0.717, 1.165) is 36.6 Å². The van der Waals surface area contributed by atoms with E-state index in [0.29, 0.717) is 42.2 Å². The number of alkyl halides is 3. The molecule has 36 heavy (non-hydrogen) atoms. The number of piperazine rings is 1. The van der Waals surface area contributed by atoms with Crippen molar-refractivity contribution >= 4 is 11.5 Å². The Morgan fingerprint density at radius 2 is 1.92 bits per heavy atom. The minimum Gasteiger partial charge on any atom is -0.378 e. The summed E-state index contributed by atoms with van der Waals surface area (Å²) in [5.41, 5.74) is 2.20. The highest BCUT2D eigenvalue weighted by Crippen LogP contribution is 2.37. The van der Waals surface area contributed by atoms with Crippen LogP contribution in [0.2, 0.25) is 0 Å². The average molecular weight is 499 g/mol. The van der Waals surface area contributed by atoms with Crippen LogP contribution >= 0.6 is 0 Å². The van der Waals surface area contributed by atoms with Gasteiger partial charge in [0.05, 0.1) is 43.3 Å². The number of halogens is 3. The smallest absolute Gasteiger partial charge is 0.378 e. The van der Waals surface area contributed by atoms with Crippen LogP contribution < -0.4 is 4.90 Å². The molecule has 12 heteroatoms. The van der Waals surface area contributed by atoms with Gasteiger partial charge in [-0.05, 0) is 32.0 Å². The Kier molecular flexibility index (Phi) is 5.45. The standard InChI is InChI=1S/C24H25F3N8O/c1-14-18(9-30-32-14)22-15(2)33(7-8-34(22)17-12-36-13-17)21-5-6-28-23(31-21)19-10-29-20-4-3-16(11-35(19)20)24(25,26)27/h3-6,9-11,15,17,22H,7-8,12-13H2,1-2H3,(H,30,32)/t15-,22-/m1/s1. The van der Waals surface area contributed by atoms with E-state index in [1.165, 1.54) is 16.7 Å². The maximum atomic E-state index is 13.3. The number of nitrogens with one attached hydrogen (secondary N) is 1. The molecule has 0 aromatic carbocycles. The van der Waals surface area contributed by atoms with Gasteiger partial charge in [0.2, 0.25) is 0 Å². The second-order valence-corrected chi connectivity index (χ2v) is 9.28. The van der Waals surface area contributed by atoms with Crippen molar-refractivity contribution < 1.29 is 17.9 Å². The van der Waals surface area contributed by atoms with Crippen LogP contribution in [-0.4, -0.2) is 72.8 Å². The van der Waals surface area contributed by atoms with Crippen LogP contribution in [0.4, 0.5) is 19.0 Å². The van der Waals surface area contributed by atoms with Gasteiger partial charge in [0.1, 0.15) is 17.2 Å². The number of aryl methyl sites for hydroxylation is 1. The summed E-state index contributed by atoms with van der Waals surface area (Å²) in [4.78, 5) is 18.1. The topological polar surface area (TPSA) is 87.5 Å². The van der Waals surface area contributed by atoms with Crippen LogP contribution in [0.3, 0.4) is 0 Å². The Morgan fingerprint density at radius 1 is 1.08 bits per heavy atom. The molecule has 188 valence electrons. The summed E-state index contributed by atoms with van der Waals surface area (Å²) in [6, 6.07) is 4.70. The number of rotatable bonds is 4. The van der Waals surface area contributed by atoms with E-state index in [1.54, 1.807) is 6.20 Å². The largest absolute Gasteiger partial charge is 0.417 e. The first kappa shape index (κ1) is 22.9. The van der Waals surface area contributed by atoms with Crippen molar-refractivity contribution in [1.29, 1.82) is 0 Å². The minimum atomic E-state index is -4.46. The number of hydrogen-bond acceptors (Lipinski definition) is 7. The first-order chi connectivity index (χ1) is 17.3. The number of aromatic nitrogens is 6. The van der Waals surface area contributed by atoms with Gasteiger partial charge in [0.25, 0.3) is 0 Å². The number of imidazole rings is 1. The van der Waals surface area contributed by atoms with E-state index < -0.39 is 11.7 Å². The highest BCUT2D eigenvalue weighted by Gasteiger charge is 2.42. The zero-order valence-corrected chi connectivity index (χ0v) is 19.8. The van der Waals surface area contributed by atoms with Crippen molar-refractivity contribution in [3.05, 3.63) is 59.8 Å². The third kappa shape index (κ3) is 3.80. The summed E-state index contributed by atoms with van der Waals surface area (Å²) in [6.45, 7) is 7.17. The maximum absolute atomic E-state index is 13.3. The summed E-state index contributed by atoms with van der Waals surface area (Å²) in [5.74, 6) is 1.03. The van der Waals surface area contributed by atoms with Gasteiger partial charge in [0.15, 0.2) is 5.82 Å². The molecule has 1 N–H and O–H groups in total. The molecule has 0 amide bonds. The molecule has 9 nitrogen and oxygen atoms in total. The molecule has 2 fully saturated rings. The highest BCUT2D eigenvalue weighted by atomic mass is 19.4. The second-order valence-electron chi connectivity index (χ2n) is 9.28. The summed E-state index contributed by atoms with van der Waals surface area (Å²) in [5, 5.41) is 7.31. The molecule has 0 aliphatic carbocycles. The van der Waals surface area contributed by atoms with Crippen LogP contribution in [0.1, 0.15) is 29.8 Å². The number of anilines is 1. The van der Waals surface area contributed by atoms with E-state index in [-0.39, 0.29) is 12.1 Å². The SMILES string of the molecule is Cc1[nH]ncc1[C@H]1[C@@H](C)N(c2ccnc(-c3cnc4ccc(C(F)(F)F)cn34)n2)CCN1C1COC1. The molecule has 0 radical (unpaired) electrons. The van der Waals surface area contributed by atoms with Gasteiger partial charge >= 0.3 is 6.18 Å². The van der Waals surface area contributed by atoms with E-state index >= 15 is 0 Å². The lowest BCUT2D eigenvalue weighted by Crippen LogP contribution is -2.61. The average Bonchev–Trinajstić information content (AvgIpc) is 3.43. The van der Waals surface area contributed by atoms with Gasteiger partial charge in [-0.15, -0.1) is 0 Å². The number of hydrogen-bond donors (Lipinski definition) is 1. The van der Waals surface area contributed by atoms with Crippen molar-refractivity contribution in [2.75, 3.05) is 31.2 Å². The zero-order chi connectivity index (χ0) is 25.0. The molecule has 0 unspecified atom stereocenters. The molecular formula is C24H25F3N8O. The van der Waals surface area contributed by atoms with Gasteiger partial charge < -0.3 is 9.64 Å². The highest BCUT2D eigenvalue weighted by molar-refractivity contribution is 5.59. The van der Waals surface area contributed by atoms with Crippen LogP contribution in [0, 0.1) is 6.92 Å². The maximum Gasteiger partial charge on any atom is 0.417 e. The molecule has 2 saturated heterocycles. The van der Waals surface area contributed by atoms with Gasteiger partial charge in [-0.2, -0.15) is 18.3 Å². The quantitative estimate of drug-likeness (QED) is 0.461. The molecule has 2 aliphatic rings. The first-order valence-corrected chi connectivity index (χ1v) is 11.8. The molecule has 0 saturated carbocycles. The lowest BCUT2D eigenvalue weighted by Gasteiger charge is -2.51. The fourth-order valence-corrected chi connectivity index (χ4v) is 5.20. The molecule has 4 aromatic heterocycles. The number of aromatic amines is 1. The Labute approximate surface area is 204 Å². The molecular weight excluding hydrogens is 473 g/mol. The number of fused-ring (bicyclic) bond motifs is 1. The first-order valence-electron chi connectivity index (χ1n) is 11.8. The molecule has 2 atom stereocenters. The predicted molar refractivity (Wildman–Crippen MR) is 125 cm³/mol. The third-order valence-corrected chi connectivity index (χ3v) is 7.18.